The number of methoxy groups -OCH3 is 1. The van der Waals surface area contributed by atoms with Crippen molar-refractivity contribution in [2.45, 2.75) is 30.6 Å². The van der Waals surface area contributed by atoms with E-state index in [1.807, 2.05) is 69.3 Å². The van der Waals surface area contributed by atoms with Crippen molar-refractivity contribution in [3.63, 3.8) is 0 Å². The van der Waals surface area contributed by atoms with E-state index in [-0.39, 0.29) is 17.1 Å². The van der Waals surface area contributed by atoms with E-state index in [4.69, 9.17) is 33.4 Å². The first-order valence-electron chi connectivity index (χ1n) is 13.1. The summed E-state index contributed by atoms with van der Waals surface area (Å²) in [6, 6.07) is 22.2. The number of phenolic OH excluding ortho intramolecular Hbond substituents is 1. The number of fused-ring (bicyclic) bond motifs is 1. The number of nitrogens with two attached hydrogens (primary N) is 5. The molecule has 43 heavy (non-hydrogen) atoms. The van der Waals surface area contributed by atoms with E-state index in [9.17, 15) is 5.11 Å². The van der Waals surface area contributed by atoms with E-state index in [1.165, 1.54) is 5.56 Å². The number of aromatic hydroxyl groups is 1. The number of nitrogens with zero attached hydrogens (tertiary/aromatic N) is 2. The predicted molar refractivity (Wildman–Crippen MR) is 186 cm³/mol. The average Bonchev–Trinajstić information content (AvgIpc) is 2.96. The smallest absolute Gasteiger partial charge is 0.154 e. The molecule has 0 saturated carbocycles. The predicted octanol–water partition coefficient (Wildman–Crippen LogP) is 7.76. The molecule has 0 heterocycles. The molecule has 5 rings (SSSR count). The monoisotopic (exact) mass is 615 g/mol. The minimum Gasteiger partial charge on any atom is -0.505 e. The Kier molecular flexibility index (Phi) is 11.0. The topological polar surface area (TPSA) is 184 Å². The second kappa shape index (κ2) is 14.4. The van der Waals surface area contributed by atoms with Gasteiger partial charge in [0.25, 0.3) is 0 Å². The lowest BCUT2D eigenvalue weighted by Gasteiger charge is -2.12. The Balaban J connectivity index is 0.000000218. The van der Waals surface area contributed by atoms with E-state index in [0.29, 0.717) is 49.1 Å². The van der Waals surface area contributed by atoms with Crippen molar-refractivity contribution in [2.75, 3.05) is 35.8 Å². The van der Waals surface area contributed by atoms with Gasteiger partial charge in [0, 0.05) is 32.6 Å². The number of aryl methyl sites for hydroxylation is 3. The van der Waals surface area contributed by atoms with Crippen LogP contribution in [0.4, 0.5) is 39.8 Å². The molecule has 224 valence electrons. The fourth-order valence-corrected chi connectivity index (χ4v) is 4.45. The van der Waals surface area contributed by atoms with Gasteiger partial charge in [-0.15, -0.1) is 30.4 Å². The van der Waals surface area contributed by atoms with E-state index >= 15 is 0 Å². The number of azo groups is 1. The summed E-state index contributed by atoms with van der Waals surface area (Å²) < 4.78 is 4.98. The number of anilines is 5. The standard InChI is InChI=1S/C17H16N4OS2.C8H12N2O.C7H9N/c1-8-2-4-9(5-3-8)20-21-16-13(24)6-10-12(23)7-11(18)15(19)14(10)17(16)22;1-5-3-7(10)8(11-2)4-6(5)9;1-6-2-4-7(8)5-3-6/h2-7,22-24H,18-19H2,1H3;3-4H,9-10H2,1-2H3;2-5H,8H2,1H3. The minimum absolute atomic E-state index is 0.117. The second-order valence-electron chi connectivity index (χ2n) is 9.81. The van der Waals surface area contributed by atoms with Gasteiger partial charge in [-0.3, -0.25) is 0 Å². The number of phenols is 1. The Morgan fingerprint density at radius 2 is 1.26 bits per heavy atom. The highest BCUT2D eigenvalue weighted by molar-refractivity contribution is 7.80. The van der Waals surface area contributed by atoms with E-state index in [0.717, 1.165) is 16.8 Å². The van der Waals surface area contributed by atoms with Crippen LogP contribution in [0.2, 0.25) is 0 Å². The SMILES string of the molecule is COc1cc(N)c(C)cc1N.Cc1ccc(N)cc1.Cc1ccc(N=Nc2c(S)cc3c(S)cc(N)c(N)c3c2O)cc1. The van der Waals surface area contributed by atoms with Crippen LogP contribution in [-0.4, -0.2) is 12.2 Å². The molecule has 0 saturated heterocycles. The van der Waals surface area contributed by atoms with Gasteiger partial charge in [0.2, 0.25) is 0 Å². The van der Waals surface area contributed by atoms with Crippen LogP contribution in [0.1, 0.15) is 16.7 Å². The molecule has 0 unspecified atom stereocenters. The quantitative estimate of drug-likeness (QED) is 0.0579. The number of nitrogen functional groups attached to an aromatic ring is 5. The van der Waals surface area contributed by atoms with Gasteiger partial charge in [0.15, 0.2) is 5.75 Å². The maximum Gasteiger partial charge on any atom is 0.154 e. The van der Waals surface area contributed by atoms with Gasteiger partial charge in [0.05, 0.1) is 35.2 Å². The lowest BCUT2D eigenvalue weighted by Crippen LogP contribution is -1.96. The Labute approximate surface area is 262 Å². The highest BCUT2D eigenvalue weighted by atomic mass is 32.1. The van der Waals surface area contributed by atoms with Crippen LogP contribution in [-0.2, 0) is 0 Å². The van der Waals surface area contributed by atoms with Crippen molar-refractivity contribution in [3.05, 3.63) is 89.5 Å². The summed E-state index contributed by atoms with van der Waals surface area (Å²) in [6.07, 6.45) is 0. The zero-order chi connectivity index (χ0) is 31.8. The molecule has 0 aliphatic carbocycles. The van der Waals surface area contributed by atoms with Crippen LogP contribution in [0.25, 0.3) is 10.8 Å². The first kappa shape index (κ1) is 32.8. The molecule has 0 amide bonds. The van der Waals surface area contributed by atoms with Gasteiger partial charge in [-0.05, 0) is 68.8 Å². The van der Waals surface area contributed by atoms with Crippen LogP contribution >= 0.6 is 25.3 Å². The Bertz CT molecular complexity index is 1740. The number of ether oxygens (including phenoxy) is 1. The number of hydrogen-bond acceptors (Lipinski definition) is 11. The maximum absolute atomic E-state index is 10.6. The van der Waals surface area contributed by atoms with Crippen molar-refractivity contribution in [2.24, 2.45) is 10.2 Å². The van der Waals surface area contributed by atoms with Crippen molar-refractivity contribution in [1.29, 1.82) is 0 Å². The first-order chi connectivity index (χ1) is 20.3. The third-order valence-corrected chi connectivity index (χ3v) is 7.11. The fraction of sp³-hybridized carbons (Fsp3) is 0.125. The first-order valence-corrected chi connectivity index (χ1v) is 14.0. The summed E-state index contributed by atoms with van der Waals surface area (Å²) in [5, 5.41) is 19.9. The molecular formula is C32H37N7O2S2. The van der Waals surface area contributed by atoms with Gasteiger partial charge < -0.3 is 38.5 Å². The summed E-state index contributed by atoms with van der Waals surface area (Å²) in [5.41, 5.74) is 35.6. The van der Waals surface area contributed by atoms with Gasteiger partial charge in [0.1, 0.15) is 11.4 Å². The molecule has 0 bridgehead atoms. The third-order valence-electron chi connectivity index (χ3n) is 6.40. The highest BCUT2D eigenvalue weighted by Gasteiger charge is 2.17. The normalized spacial score (nSPS) is 10.6. The maximum atomic E-state index is 10.6. The molecule has 0 fully saturated rings. The van der Waals surface area contributed by atoms with E-state index in [1.54, 1.807) is 31.4 Å². The summed E-state index contributed by atoms with van der Waals surface area (Å²) >= 11 is 8.77. The number of thiol groups is 2. The lowest BCUT2D eigenvalue weighted by molar-refractivity contribution is 0.417. The molecule has 11 N–H and O–H groups in total. The molecule has 0 aliphatic heterocycles. The summed E-state index contributed by atoms with van der Waals surface area (Å²) in [6.45, 7) is 5.94. The minimum atomic E-state index is -0.117. The Morgan fingerprint density at radius 1 is 0.674 bits per heavy atom. The number of hydrogen-bond donors (Lipinski definition) is 8. The van der Waals surface area contributed by atoms with Crippen molar-refractivity contribution in [3.8, 4) is 11.5 Å². The molecular weight excluding hydrogens is 579 g/mol. The van der Waals surface area contributed by atoms with Crippen molar-refractivity contribution >= 4 is 75.8 Å². The molecule has 0 atom stereocenters. The molecule has 5 aromatic carbocycles. The zero-order valence-electron chi connectivity index (χ0n) is 24.5. The largest absolute Gasteiger partial charge is 0.505 e. The molecule has 0 spiro atoms. The van der Waals surface area contributed by atoms with Crippen LogP contribution in [0.3, 0.4) is 0 Å². The van der Waals surface area contributed by atoms with Gasteiger partial charge >= 0.3 is 0 Å². The number of benzene rings is 5. The van der Waals surface area contributed by atoms with Gasteiger partial charge in [-0.25, -0.2) is 0 Å². The van der Waals surface area contributed by atoms with Crippen LogP contribution in [0, 0.1) is 20.8 Å². The van der Waals surface area contributed by atoms with Crippen molar-refractivity contribution < 1.29 is 9.84 Å². The van der Waals surface area contributed by atoms with E-state index in [2.05, 4.69) is 35.5 Å². The second-order valence-corrected chi connectivity index (χ2v) is 10.8. The van der Waals surface area contributed by atoms with Crippen LogP contribution in [0.15, 0.2) is 92.8 Å². The number of rotatable bonds is 3. The fourth-order valence-electron chi connectivity index (χ4n) is 3.85. The summed E-state index contributed by atoms with van der Waals surface area (Å²) in [4.78, 5) is 1.07. The molecule has 9 nitrogen and oxygen atoms in total. The molecule has 0 radical (unpaired) electrons. The van der Waals surface area contributed by atoms with Crippen LogP contribution < -0.4 is 33.4 Å². The van der Waals surface area contributed by atoms with Crippen molar-refractivity contribution in [1.82, 2.24) is 0 Å². The Morgan fingerprint density at radius 3 is 1.81 bits per heavy atom. The van der Waals surface area contributed by atoms with Gasteiger partial charge in [-0.1, -0.05) is 35.4 Å². The third kappa shape index (κ3) is 8.40. The molecule has 0 aromatic heterocycles. The van der Waals surface area contributed by atoms with E-state index < -0.39 is 0 Å². The average molecular weight is 616 g/mol. The van der Waals surface area contributed by atoms with Crippen LogP contribution in [0.5, 0.6) is 11.5 Å². The summed E-state index contributed by atoms with van der Waals surface area (Å²) in [7, 11) is 1.57. The van der Waals surface area contributed by atoms with Gasteiger partial charge in [-0.2, -0.15) is 5.11 Å². The highest BCUT2D eigenvalue weighted by Crippen LogP contribution is 2.46. The lowest BCUT2D eigenvalue weighted by atomic mass is 10.1. The summed E-state index contributed by atoms with van der Waals surface area (Å²) in [5.74, 6) is 0.515. The molecule has 0 aliphatic rings. The Hall–Kier alpha value is -4.74. The zero-order valence-corrected chi connectivity index (χ0v) is 26.2. The molecule has 5 aromatic rings. The molecule has 11 heteroatoms.